The van der Waals surface area contributed by atoms with Gasteiger partial charge in [-0.05, 0) is 93.7 Å². The molecule has 8 aromatic carbocycles. The number of fused-ring (bicyclic) bond motifs is 7. The summed E-state index contributed by atoms with van der Waals surface area (Å²) in [6.07, 6.45) is 0. The van der Waals surface area contributed by atoms with Crippen molar-refractivity contribution < 1.29 is 0 Å². The van der Waals surface area contributed by atoms with E-state index >= 15 is 0 Å². The molecule has 230 valence electrons. The second-order valence-corrected chi connectivity index (χ2v) is 14.7. The Kier molecular flexibility index (Phi) is 6.61. The van der Waals surface area contributed by atoms with E-state index < -0.39 is 0 Å². The van der Waals surface area contributed by atoms with Gasteiger partial charge in [-0.3, -0.25) is 0 Å². The smallest absolute Gasteiger partial charge is 0.0554 e. The second kappa shape index (κ2) is 11.5. The predicted octanol–water partition coefficient (Wildman–Crippen LogP) is 14.4. The van der Waals surface area contributed by atoms with Gasteiger partial charge in [0.2, 0.25) is 0 Å². The van der Waals surface area contributed by atoms with Crippen LogP contribution >= 0.6 is 22.7 Å². The normalized spacial score (nSPS) is 11.7. The molecule has 0 radical (unpaired) electrons. The summed E-state index contributed by atoms with van der Waals surface area (Å²) in [5.41, 5.74) is 8.38. The highest BCUT2D eigenvalue weighted by Gasteiger charge is 2.19. The van der Waals surface area contributed by atoms with E-state index in [0.29, 0.717) is 0 Å². The summed E-state index contributed by atoms with van der Waals surface area (Å²) in [6, 6.07) is 64.5. The average Bonchev–Trinajstić information content (AvgIpc) is 3.74. The molecule has 0 atom stereocenters. The lowest BCUT2D eigenvalue weighted by atomic mass is 9.95. The molecular formula is C46H29NS2. The topological polar surface area (TPSA) is 3.24 Å². The Bertz CT molecular complexity index is 2830. The van der Waals surface area contributed by atoms with Gasteiger partial charge in [0, 0.05) is 51.7 Å². The fourth-order valence-electron chi connectivity index (χ4n) is 7.37. The Morgan fingerprint density at radius 2 is 0.959 bits per heavy atom. The number of anilines is 3. The maximum absolute atomic E-state index is 2.45. The van der Waals surface area contributed by atoms with Crippen molar-refractivity contribution in [2.75, 3.05) is 4.90 Å². The van der Waals surface area contributed by atoms with Crippen LogP contribution in [0.2, 0.25) is 0 Å². The molecule has 2 aromatic heterocycles. The van der Waals surface area contributed by atoms with Gasteiger partial charge in [-0.25, -0.2) is 0 Å². The van der Waals surface area contributed by atoms with E-state index in [1.165, 1.54) is 79.1 Å². The Labute approximate surface area is 292 Å². The molecular weight excluding hydrogens is 631 g/mol. The standard InChI is InChI=1S/C46H29NS2/c1-2-14-36-31(10-1)11-8-17-37(36)33-13-7-12-32(28-33)30-22-24-34(25-23-30)47(35-26-27-44-40(29-35)38-15-3-5-19-42(38)48-44)41-18-9-21-45-46(41)39-16-4-6-20-43(39)49-45/h1-29H. The van der Waals surface area contributed by atoms with E-state index in [9.17, 15) is 0 Å². The summed E-state index contributed by atoms with van der Waals surface area (Å²) in [7, 11) is 0. The summed E-state index contributed by atoms with van der Waals surface area (Å²) in [4.78, 5) is 2.45. The lowest BCUT2D eigenvalue weighted by molar-refractivity contribution is 1.31. The third kappa shape index (κ3) is 4.74. The first-order chi connectivity index (χ1) is 24.3. The summed E-state index contributed by atoms with van der Waals surface area (Å²) in [5, 5.41) is 7.74. The van der Waals surface area contributed by atoms with Gasteiger partial charge in [-0.1, -0.05) is 115 Å². The van der Waals surface area contributed by atoms with Gasteiger partial charge in [0.05, 0.1) is 5.69 Å². The highest BCUT2D eigenvalue weighted by molar-refractivity contribution is 7.26. The van der Waals surface area contributed by atoms with Crippen LogP contribution in [-0.2, 0) is 0 Å². The number of hydrogen-bond donors (Lipinski definition) is 0. The van der Waals surface area contributed by atoms with Crippen LogP contribution in [0.1, 0.15) is 0 Å². The summed E-state index contributed by atoms with van der Waals surface area (Å²) in [5.74, 6) is 0. The van der Waals surface area contributed by atoms with Crippen molar-refractivity contribution in [3.05, 3.63) is 176 Å². The van der Waals surface area contributed by atoms with E-state index in [2.05, 4.69) is 181 Å². The molecule has 0 aliphatic carbocycles. The minimum absolute atomic E-state index is 1.13. The van der Waals surface area contributed by atoms with Crippen molar-refractivity contribution in [2.45, 2.75) is 0 Å². The largest absolute Gasteiger partial charge is 0.310 e. The van der Waals surface area contributed by atoms with Crippen molar-refractivity contribution in [2.24, 2.45) is 0 Å². The summed E-state index contributed by atoms with van der Waals surface area (Å²) < 4.78 is 5.24. The van der Waals surface area contributed by atoms with Crippen LogP contribution in [0.25, 0.3) is 73.4 Å². The van der Waals surface area contributed by atoms with Gasteiger partial charge in [0.1, 0.15) is 0 Å². The first-order valence-electron chi connectivity index (χ1n) is 16.6. The fraction of sp³-hybridized carbons (Fsp3) is 0. The Hall–Kier alpha value is -5.74. The van der Waals surface area contributed by atoms with Gasteiger partial charge in [0.15, 0.2) is 0 Å². The molecule has 0 saturated carbocycles. The second-order valence-electron chi connectivity index (χ2n) is 12.5. The predicted molar refractivity (Wildman–Crippen MR) is 215 cm³/mol. The molecule has 0 fully saturated rings. The van der Waals surface area contributed by atoms with Gasteiger partial charge >= 0.3 is 0 Å². The first-order valence-corrected chi connectivity index (χ1v) is 18.2. The fourth-order valence-corrected chi connectivity index (χ4v) is 9.58. The summed E-state index contributed by atoms with van der Waals surface area (Å²) >= 11 is 3.73. The molecule has 10 rings (SSSR count). The minimum Gasteiger partial charge on any atom is -0.310 e. The molecule has 0 spiro atoms. The maximum atomic E-state index is 2.45. The van der Waals surface area contributed by atoms with Crippen LogP contribution in [0, 0.1) is 0 Å². The molecule has 2 heterocycles. The van der Waals surface area contributed by atoms with Gasteiger partial charge < -0.3 is 4.90 Å². The van der Waals surface area contributed by atoms with Crippen molar-refractivity contribution in [1.29, 1.82) is 0 Å². The third-order valence-electron chi connectivity index (χ3n) is 9.66. The highest BCUT2D eigenvalue weighted by atomic mass is 32.1. The minimum atomic E-state index is 1.13. The molecule has 49 heavy (non-hydrogen) atoms. The van der Waals surface area contributed by atoms with Gasteiger partial charge in [0.25, 0.3) is 0 Å². The summed E-state index contributed by atoms with van der Waals surface area (Å²) in [6.45, 7) is 0. The molecule has 0 unspecified atom stereocenters. The number of benzene rings is 8. The van der Waals surface area contributed by atoms with Crippen molar-refractivity contribution in [3.8, 4) is 22.3 Å². The zero-order chi connectivity index (χ0) is 32.3. The van der Waals surface area contributed by atoms with E-state index in [1.807, 2.05) is 22.7 Å². The average molecular weight is 660 g/mol. The molecule has 0 N–H and O–H groups in total. The molecule has 0 aliphatic heterocycles. The third-order valence-corrected chi connectivity index (χ3v) is 11.9. The maximum Gasteiger partial charge on any atom is 0.0554 e. The zero-order valence-corrected chi connectivity index (χ0v) is 28.1. The molecule has 0 saturated heterocycles. The Balaban J connectivity index is 1.13. The lowest BCUT2D eigenvalue weighted by Crippen LogP contribution is -2.10. The molecule has 0 bridgehead atoms. The van der Waals surface area contributed by atoms with E-state index in [-0.39, 0.29) is 0 Å². The number of nitrogens with zero attached hydrogens (tertiary/aromatic N) is 1. The molecule has 1 nitrogen and oxygen atoms in total. The van der Waals surface area contributed by atoms with Crippen LogP contribution in [0.5, 0.6) is 0 Å². The Morgan fingerprint density at radius 1 is 0.347 bits per heavy atom. The number of hydrogen-bond acceptors (Lipinski definition) is 3. The number of thiophene rings is 2. The number of rotatable bonds is 5. The van der Waals surface area contributed by atoms with Crippen LogP contribution in [0.15, 0.2) is 176 Å². The van der Waals surface area contributed by atoms with Crippen LogP contribution in [0.3, 0.4) is 0 Å². The van der Waals surface area contributed by atoms with Crippen molar-refractivity contribution >= 4 is 90.9 Å². The van der Waals surface area contributed by atoms with E-state index in [1.54, 1.807) is 0 Å². The molecule has 3 heteroatoms. The van der Waals surface area contributed by atoms with Crippen LogP contribution in [-0.4, -0.2) is 0 Å². The highest BCUT2D eigenvalue weighted by Crippen LogP contribution is 2.46. The molecule has 0 aliphatic rings. The van der Waals surface area contributed by atoms with E-state index in [0.717, 1.165) is 11.4 Å². The zero-order valence-electron chi connectivity index (χ0n) is 26.5. The van der Waals surface area contributed by atoms with Crippen molar-refractivity contribution in [1.82, 2.24) is 0 Å². The first kappa shape index (κ1) is 28.3. The van der Waals surface area contributed by atoms with Crippen LogP contribution < -0.4 is 4.90 Å². The monoisotopic (exact) mass is 659 g/mol. The lowest BCUT2D eigenvalue weighted by Gasteiger charge is -2.27. The van der Waals surface area contributed by atoms with Gasteiger partial charge in [-0.15, -0.1) is 22.7 Å². The van der Waals surface area contributed by atoms with Crippen LogP contribution in [0.4, 0.5) is 17.1 Å². The molecule has 10 aromatic rings. The van der Waals surface area contributed by atoms with Gasteiger partial charge in [-0.2, -0.15) is 0 Å². The molecule has 0 amide bonds. The van der Waals surface area contributed by atoms with E-state index in [4.69, 9.17) is 0 Å². The van der Waals surface area contributed by atoms with Crippen molar-refractivity contribution in [3.63, 3.8) is 0 Å². The quantitative estimate of drug-likeness (QED) is 0.178. The Morgan fingerprint density at radius 3 is 1.84 bits per heavy atom. The SMILES string of the molecule is c1cc(-c2ccc(N(c3ccc4sc5ccccc5c4c3)c3cccc4sc5ccccc5c34)cc2)cc(-c2cccc3ccccc23)c1.